The number of benzene rings is 1. The second kappa shape index (κ2) is 7.98. The Kier molecular flexibility index (Phi) is 5.33. The van der Waals surface area contributed by atoms with E-state index in [4.69, 9.17) is 9.72 Å². The molecule has 6 nitrogen and oxygen atoms in total. The van der Waals surface area contributed by atoms with Gasteiger partial charge in [-0.15, -0.1) is 0 Å². The Balaban J connectivity index is 1.35. The summed E-state index contributed by atoms with van der Waals surface area (Å²) in [6.07, 6.45) is 1.80. The van der Waals surface area contributed by atoms with Gasteiger partial charge in [-0.25, -0.2) is 4.98 Å². The van der Waals surface area contributed by atoms with Gasteiger partial charge in [-0.3, -0.25) is 4.90 Å². The van der Waals surface area contributed by atoms with Crippen LogP contribution in [0.25, 0.3) is 10.9 Å². The number of anilines is 1. The molecular formula is C24H34N4O2. The highest BCUT2D eigenvalue weighted by Gasteiger charge is 2.44. The number of aliphatic hydroxyl groups excluding tert-OH is 1. The molecule has 30 heavy (non-hydrogen) atoms. The number of para-hydroxylation sites is 1. The summed E-state index contributed by atoms with van der Waals surface area (Å²) in [5.74, 6) is 3.07. The third-order valence-electron chi connectivity index (χ3n) is 7.66. The van der Waals surface area contributed by atoms with E-state index in [1.54, 1.807) is 7.11 Å². The number of methoxy groups -OCH3 is 1. The Morgan fingerprint density at radius 3 is 2.53 bits per heavy atom. The van der Waals surface area contributed by atoms with Crippen LogP contribution in [0.3, 0.4) is 0 Å². The number of fused-ring (bicyclic) bond motifs is 2. The summed E-state index contributed by atoms with van der Waals surface area (Å²) in [4.78, 5) is 12.4. The molecule has 2 aromatic rings. The number of ether oxygens (including phenoxy) is 1. The molecule has 2 saturated heterocycles. The zero-order valence-electron chi connectivity index (χ0n) is 18.4. The Morgan fingerprint density at radius 1 is 1.07 bits per heavy atom. The van der Waals surface area contributed by atoms with Crippen LogP contribution in [0, 0.1) is 18.8 Å². The maximum atomic E-state index is 10.9. The van der Waals surface area contributed by atoms with Crippen LogP contribution in [0.4, 0.5) is 5.82 Å². The van der Waals surface area contributed by atoms with Gasteiger partial charge in [0.15, 0.2) is 0 Å². The van der Waals surface area contributed by atoms with E-state index >= 15 is 0 Å². The van der Waals surface area contributed by atoms with Crippen molar-refractivity contribution in [2.45, 2.75) is 31.9 Å². The summed E-state index contributed by atoms with van der Waals surface area (Å²) in [6.45, 7) is 8.54. The zero-order valence-corrected chi connectivity index (χ0v) is 18.4. The second-order valence-corrected chi connectivity index (χ2v) is 9.52. The van der Waals surface area contributed by atoms with Gasteiger partial charge < -0.3 is 19.6 Å². The van der Waals surface area contributed by atoms with Crippen LogP contribution < -0.4 is 9.64 Å². The molecule has 0 bridgehead atoms. The number of aryl methyl sites for hydroxylation is 1. The van der Waals surface area contributed by atoms with Crippen molar-refractivity contribution in [3.05, 3.63) is 29.8 Å². The molecule has 0 radical (unpaired) electrons. The first-order valence-electron chi connectivity index (χ1n) is 11.3. The van der Waals surface area contributed by atoms with Crippen molar-refractivity contribution in [2.75, 3.05) is 58.3 Å². The molecule has 3 heterocycles. The van der Waals surface area contributed by atoms with Gasteiger partial charge in [-0.2, -0.15) is 0 Å². The quantitative estimate of drug-likeness (QED) is 0.839. The molecule has 5 rings (SSSR count). The summed E-state index contributed by atoms with van der Waals surface area (Å²) in [6, 6.07) is 8.66. The molecule has 0 spiro atoms. The number of hydrogen-bond donors (Lipinski definition) is 1. The molecule has 2 aliphatic heterocycles. The number of aliphatic hydroxyl groups is 1. The zero-order chi connectivity index (χ0) is 20.8. The molecular weight excluding hydrogens is 376 g/mol. The monoisotopic (exact) mass is 410 g/mol. The van der Waals surface area contributed by atoms with Crippen LogP contribution >= 0.6 is 0 Å². The second-order valence-electron chi connectivity index (χ2n) is 9.52. The van der Waals surface area contributed by atoms with Crippen LogP contribution in [-0.2, 0) is 0 Å². The molecule has 6 heteroatoms. The van der Waals surface area contributed by atoms with Crippen molar-refractivity contribution in [3.63, 3.8) is 0 Å². The van der Waals surface area contributed by atoms with Crippen molar-refractivity contribution in [2.24, 2.45) is 11.8 Å². The predicted octanol–water partition coefficient (Wildman–Crippen LogP) is 2.37. The predicted molar refractivity (Wildman–Crippen MR) is 120 cm³/mol. The standard InChI is InChI=1S/C24H34N4O2/c1-16-11-23(25-24-19(16)5-4-6-22(24)30-3)28-14-17-12-20(21(29)13-18(17)15-28)27-9-7-26(2)8-10-27/h4-6,11,17-18,20-21,29H,7-10,12-15H2,1-3H3/t17-,18+,20-,21-/m1/s1. The lowest BCUT2D eigenvalue weighted by Gasteiger charge is -2.44. The van der Waals surface area contributed by atoms with Crippen molar-refractivity contribution in [3.8, 4) is 5.75 Å². The van der Waals surface area contributed by atoms with Gasteiger partial charge in [0.1, 0.15) is 17.1 Å². The first-order valence-corrected chi connectivity index (χ1v) is 11.3. The summed E-state index contributed by atoms with van der Waals surface area (Å²) in [5.41, 5.74) is 2.18. The van der Waals surface area contributed by atoms with Crippen molar-refractivity contribution < 1.29 is 9.84 Å². The average molecular weight is 411 g/mol. The fourth-order valence-corrected chi connectivity index (χ4v) is 5.84. The largest absolute Gasteiger partial charge is 0.494 e. The fraction of sp³-hybridized carbons (Fsp3) is 0.625. The molecule has 1 aromatic heterocycles. The van der Waals surface area contributed by atoms with Crippen molar-refractivity contribution in [1.82, 2.24) is 14.8 Å². The molecule has 0 amide bonds. The number of hydrogen-bond acceptors (Lipinski definition) is 6. The Bertz CT molecular complexity index is 911. The molecule has 4 atom stereocenters. The molecule has 1 aromatic carbocycles. The van der Waals surface area contributed by atoms with Gasteiger partial charge in [0.25, 0.3) is 0 Å². The molecule has 1 saturated carbocycles. The van der Waals surface area contributed by atoms with Crippen LogP contribution in [0.1, 0.15) is 18.4 Å². The van der Waals surface area contributed by atoms with E-state index in [9.17, 15) is 5.11 Å². The van der Waals surface area contributed by atoms with Crippen LogP contribution in [0.15, 0.2) is 24.3 Å². The Labute approximate surface area is 179 Å². The van der Waals surface area contributed by atoms with Gasteiger partial charge >= 0.3 is 0 Å². The Hall–Kier alpha value is -1.89. The third kappa shape index (κ3) is 3.55. The first-order chi connectivity index (χ1) is 14.5. The lowest BCUT2D eigenvalue weighted by Crippen LogP contribution is -2.55. The van der Waals surface area contributed by atoms with Gasteiger partial charge in [-0.1, -0.05) is 12.1 Å². The highest BCUT2D eigenvalue weighted by atomic mass is 16.5. The van der Waals surface area contributed by atoms with E-state index in [1.165, 1.54) is 5.56 Å². The minimum absolute atomic E-state index is 0.207. The topological polar surface area (TPSA) is 52.1 Å². The lowest BCUT2D eigenvalue weighted by atomic mass is 9.77. The number of nitrogens with zero attached hydrogens (tertiary/aromatic N) is 4. The van der Waals surface area contributed by atoms with Crippen LogP contribution in [0.2, 0.25) is 0 Å². The summed E-state index contributed by atoms with van der Waals surface area (Å²) in [7, 11) is 3.90. The highest BCUT2D eigenvalue weighted by molar-refractivity contribution is 5.88. The molecule has 1 aliphatic carbocycles. The van der Waals surface area contributed by atoms with E-state index < -0.39 is 0 Å². The molecule has 3 fully saturated rings. The summed E-state index contributed by atoms with van der Waals surface area (Å²) < 4.78 is 5.57. The van der Waals surface area contributed by atoms with Gasteiger partial charge in [0.2, 0.25) is 0 Å². The van der Waals surface area contributed by atoms with Crippen LogP contribution in [-0.4, -0.2) is 85.5 Å². The van der Waals surface area contributed by atoms with Crippen LogP contribution in [0.5, 0.6) is 5.75 Å². The van der Waals surface area contributed by atoms with Gasteiger partial charge in [0.05, 0.1) is 13.2 Å². The van der Waals surface area contributed by atoms with Crippen molar-refractivity contribution in [1.29, 1.82) is 0 Å². The van der Waals surface area contributed by atoms with Crippen molar-refractivity contribution >= 4 is 16.7 Å². The van der Waals surface area contributed by atoms with E-state index in [2.05, 4.69) is 40.8 Å². The smallest absolute Gasteiger partial charge is 0.145 e. The average Bonchev–Trinajstić information content (AvgIpc) is 3.16. The third-order valence-corrected chi connectivity index (χ3v) is 7.66. The minimum atomic E-state index is -0.207. The number of rotatable bonds is 3. The molecule has 3 aliphatic rings. The molecule has 0 unspecified atom stereocenters. The van der Waals surface area contributed by atoms with E-state index in [0.717, 1.165) is 74.6 Å². The Morgan fingerprint density at radius 2 is 1.80 bits per heavy atom. The summed E-state index contributed by atoms with van der Waals surface area (Å²) in [5, 5.41) is 12.1. The lowest BCUT2D eigenvalue weighted by molar-refractivity contribution is -0.0249. The fourth-order valence-electron chi connectivity index (χ4n) is 5.84. The van der Waals surface area contributed by atoms with E-state index in [0.29, 0.717) is 17.9 Å². The number of aromatic nitrogens is 1. The SMILES string of the molecule is COc1cccc2c(C)cc(N3C[C@H]4C[C@@H](N5CCN(C)CC5)[C@H](O)C[C@H]4C3)nc12. The minimum Gasteiger partial charge on any atom is -0.494 e. The maximum absolute atomic E-state index is 10.9. The number of likely N-dealkylation sites (N-methyl/N-ethyl adjacent to an activating group) is 1. The normalized spacial score (nSPS) is 30.6. The molecule has 162 valence electrons. The number of piperazine rings is 1. The number of pyridine rings is 1. The maximum Gasteiger partial charge on any atom is 0.145 e. The van der Waals surface area contributed by atoms with Gasteiger partial charge in [-0.05, 0) is 56.3 Å². The molecule has 1 N–H and O–H groups in total. The highest BCUT2D eigenvalue weighted by Crippen LogP contribution is 2.40. The first kappa shape index (κ1) is 20.0. The van der Waals surface area contributed by atoms with Gasteiger partial charge in [0, 0.05) is 50.7 Å². The van der Waals surface area contributed by atoms with E-state index in [-0.39, 0.29) is 6.10 Å². The van der Waals surface area contributed by atoms with E-state index in [1.807, 2.05) is 12.1 Å². The summed E-state index contributed by atoms with van der Waals surface area (Å²) >= 11 is 0.